The number of hydrogen-bond acceptors (Lipinski definition) is 21. The molecule has 15 amide bonds. The number of amides is 15. The summed E-state index contributed by atoms with van der Waals surface area (Å²) in [7, 11) is -7.85. The molecule has 3 saturated heterocycles. The lowest BCUT2D eigenvalue weighted by molar-refractivity contribution is -0.145. The molecule has 11 saturated carbocycles. The molecule has 3 heterocycles. The molecule has 0 aromatic carbocycles. The highest BCUT2D eigenvalue weighted by Crippen LogP contribution is 2.67. The maximum absolute atomic E-state index is 14.5. The van der Waals surface area contributed by atoms with Gasteiger partial charge in [0.2, 0.25) is 82.9 Å². The number of rotatable bonds is 46. The van der Waals surface area contributed by atoms with E-state index in [1.54, 1.807) is 28.0 Å². The summed E-state index contributed by atoms with van der Waals surface area (Å²) < 4.78 is 84.0. The number of piperidine rings is 3. The Morgan fingerprint density at radius 1 is 0.347 bits per heavy atom. The summed E-state index contributed by atoms with van der Waals surface area (Å²) in [5, 5.41) is 34.6. The zero-order valence-electron chi connectivity index (χ0n) is 93.7. The van der Waals surface area contributed by atoms with Crippen LogP contribution in [0.25, 0.3) is 0 Å². The molecular weight excluding hydrogens is 1980 g/mol. The predicted molar refractivity (Wildman–Crippen MR) is 570 cm³/mol. The van der Waals surface area contributed by atoms with E-state index in [0.29, 0.717) is 116 Å². The molecule has 0 unspecified atom stereocenters. The van der Waals surface area contributed by atoms with Crippen molar-refractivity contribution in [1.29, 1.82) is 0 Å². The quantitative estimate of drug-likeness (QED) is 0.0254. The van der Waals surface area contributed by atoms with Crippen LogP contribution >= 0.6 is 0 Å². The summed E-state index contributed by atoms with van der Waals surface area (Å²) in [5.74, 6) is -7.00. The van der Waals surface area contributed by atoms with Crippen molar-refractivity contribution in [2.75, 3.05) is 70.6 Å². The van der Waals surface area contributed by atoms with Crippen LogP contribution in [0.3, 0.4) is 0 Å². The molecule has 14 rings (SSSR count). The fraction of sp³-hybridized carbons (Fsp3) is 0.861. The van der Waals surface area contributed by atoms with E-state index in [1.165, 1.54) is 27.6 Å². The van der Waals surface area contributed by atoms with Gasteiger partial charge in [-0.2, -0.15) is 4.31 Å². The van der Waals surface area contributed by atoms with Gasteiger partial charge in [-0.05, 0) is 189 Å². The van der Waals surface area contributed by atoms with Crippen LogP contribution < -0.4 is 63.8 Å². The predicted octanol–water partition coefficient (Wildman–Crippen LogP) is 8.60. The van der Waals surface area contributed by atoms with Gasteiger partial charge in [-0.25, -0.2) is 48.2 Å². The van der Waals surface area contributed by atoms with Crippen LogP contribution in [-0.2, 0) is 87.6 Å². The fourth-order valence-corrected chi connectivity index (χ4v) is 30.3. The van der Waals surface area contributed by atoms with Gasteiger partial charge in [-0.3, -0.25) is 57.5 Å². The highest BCUT2D eigenvalue weighted by Gasteiger charge is 2.73. The standard InChI is InChI=1S/C37H62N6O7S.C36H60N6O7S.C35H60N6O7S/c1-8-10-14-26(29(44)32(46)38-23-15-16-23)39-31(45)28-27-25(36(27,6)7)21-42(28)33(47)30(35(3,4)5)40-34(48)41-37(19-12-11-13-20-37)22-51(49,50)43(9-2)24-17-18-24;1-8-41(7)50(48,49)21-36(18-10-9-11-19-36)40-33(47)39-29(34(2,3)4)32(46)42-20-24-26(35(24,5)6)27(42)30(44)38-25(17-14-22-12-13-22)28(43)31(45)37-23-15-16-23;1-9-11-15-24(27(42)30(44)36-22-16-17-22)37-29(43)26-25-23(34(25,6)7)20-41(26)31(45)28(33(3,4)5)38-32(46)39-35(18-13-12-14-19-35)21-49(47,48)40(8)10-2/h23-28,30H,8-22H2,1-7H3,(H,38,46)(H,39,45)(H2,40,41,48);22-27,29H,8-21H2,1-7H3,(H,37,45)(H,38,44)(H2,39,40,47);22-26,28H,9-21H2,1-8H3,(H,36,44)(H,37,43)(H2,38,39,46)/t25-,26-,27-,28-,30+;24-,25-,26-,27-,29+;23-,24-,25-,26-,28+/m000/s1. The molecule has 39 nitrogen and oxygen atoms in total. The van der Waals surface area contributed by atoms with Gasteiger partial charge in [0.25, 0.3) is 17.7 Å². The lowest BCUT2D eigenvalue weighted by atomic mass is 9.83. The van der Waals surface area contributed by atoms with E-state index >= 15 is 0 Å². The topological polar surface area (TPSA) is 522 Å². The Labute approximate surface area is 892 Å². The van der Waals surface area contributed by atoms with Gasteiger partial charge in [-0.1, -0.05) is 235 Å². The Bertz CT molecular complexity index is 5310. The molecule has 848 valence electrons. The number of ketones is 3. The zero-order valence-corrected chi connectivity index (χ0v) is 96.2. The van der Waals surface area contributed by atoms with Crippen LogP contribution in [0.4, 0.5) is 14.4 Å². The number of carbonyl (C=O) groups is 15. The molecule has 0 spiro atoms. The van der Waals surface area contributed by atoms with Gasteiger partial charge in [0.15, 0.2) is 0 Å². The largest absolute Gasteiger partial charge is 0.347 e. The number of carbonyl (C=O) groups excluding carboxylic acids is 15. The first-order chi connectivity index (χ1) is 69.9. The molecule has 11 aliphatic carbocycles. The van der Waals surface area contributed by atoms with Gasteiger partial charge in [0.05, 0.1) is 52.0 Å². The van der Waals surface area contributed by atoms with Gasteiger partial charge in [0, 0.05) is 77.5 Å². The number of nitrogens with zero attached hydrogens (tertiary/aromatic N) is 6. The van der Waals surface area contributed by atoms with Crippen molar-refractivity contribution < 1.29 is 97.2 Å². The van der Waals surface area contributed by atoms with Gasteiger partial charge >= 0.3 is 18.1 Å². The average molecular weight is 2160 g/mol. The van der Waals surface area contributed by atoms with Gasteiger partial charge in [-0.15, -0.1) is 0 Å². The Balaban J connectivity index is 0.000000199. The van der Waals surface area contributed by atoms with Crippen molar-refractivity contribution in [3.8, 4) is 0 Å². The number of urea groups is 3. The summed E-state index contributed by atoms with van der Waals surface area (Å²) in [6.45, 7) is 40.3. The first-order valence-corrected chi connectivity index (χ1v) is 61.3. The molecule has 14 fully saturated rings. The van der Waals surface area contributed by atoms with Crippen LogP contribution in [0.1, 0.15) is 350 Å². The van der Waals surface area contributed by atoms with E-state index in [2.05, 4.69) is 105 Å². The lowest BCUT2D eigenvalue weighted by Crippen LogP contribution is -2.64. The number of hydrogen-bond donors (Lipinski definition) is 12. The van der Waals surface area contributed by atoms with E-state index in [0.717, 1.165) is 141 Å². The minimum absolute atomic E-state index is 0.00375. The molecule has 3 aliphatic heterocycles. The maximum Gasteiger partial charge on any atom is 0.315 e. The third kappa shape index (κ3) is 29.4. The molecule has 0 aromatic heterocycles. The van der Waals surface area contributed by atoms with Gasteiger partial charge in [0.1, 0.15) is 36.3 Å². The highest BCUT2D eigenvalue weighted by atomic mass is 32.2. The molecule has 0 aromatic rings. The summed E-state index contributed by atoms with van der Waals surface area (Å²) in [5.41, 5.74) is -5.74. The average Bonchev–Trinajstić information content (AvgIpc) is 1.53. The normalized spacial score (nSPS) is 26.2. The molecule has 0 radical (unpaired) electrons. The molecule has 12 N–H and O–H groups in total. The Morgan fingerprint density at radius 3 is 0.847 bits per heavy atom. The molecule has 14 aliphatic rings. The number of likely N-dealkylation sites (tertiary alicyclic amines) is 3. The lowest BCUT2D eigenvalue weighted by Gasteiger charge is -2.41. The third-order valence-corrected chi connectivity index (χ3v) is 41.9. The molecule has 15 atom stereocenters. The van der Waals surface area contributed by atoms with Crippen LogP contribution in [-0.4, -0.2) is 307 Å². The van der Waals surface area contributed by atoms with E-state index in [1.807, 2.05) is 83.1 Å². The van der Waals surface area contributed by atoms with Crippen molar-refractivity contribution in [3.05, 3.63) is 0 Å². The number of Topliss-reactive ketones (excluding diaryl/α,β-unsaturated/α-hetero) is 3. The number of unbranched alkanes of at least 4 members (excludes halogenated alkanes) is 2. The van der Waals surface area contributed by atoms with Crippen molar-refractivity contribution in [3.63, 3.8) is 0 Å². The van der Waals surface area contributed by atoms with Crippen molar-refractivity contribution in [2.24, 2.45) is 73.9 Å². The summed E-state index contributed by atoms with van der Waals surface area (Å²) in [6, 6.07) is -10.4. The molecule has 42 heteroatoms. The first-order valence-electron chi connectivity index (χ1n) is 56.4. The zero-order chi connectivity index (χ0) is 111. The third-order valence-electron chi connectivity index (χ3n) is 35.4. The second kappa shape index (κ2) is 47.4. The Kier molecular flexibility index (Phi) is 38.1. The maximum atomic E-state index is 14.5. The van der Waals surface area contributed by atoms with E-state index in [-0.39, 0.29) is 93.2 Å². The number of sulfonamides is 3. The van der Waals surface area contributed by atoms with Crippen molar-refractivity contribution in [1.82, 2.24) is 91.4 Å². The second-order valence-electron chi connectivity index (χ2n) is 51.7. The number of fused-ring (bicyclic) bond motifs is 3. The second-order valence-corrected chi connectivity index (χ2v) is 57.8. The van der Waals surface area contributed by atoms with E-state index in [4.69, 9.17) is 0 Å². The molecule has 0 bridgehead atoms. The van der Waals surface area contributed by atoms with Crippen LogP contribution in [0, 0.1) is 73.9 Å². The first kappa shape index (κ1) is 120. The minimum atomic E-state index is -3.64. The minimum Gasteiger partial charge on any atom is -0.347 e. The Hall–Kier alpha value is -8.22. The molecular formula is C108H182N18O21S3. The smallest absolute Gasteiger partial charge is 0.315 e. The SMILES string of the molecule is CCCC[C@H](NC(=O)[C@@H]1[C@@H]2[C@H](CN1C(=O)[C@@H](NC(=O)NC1(CS(=O)(=O)N(C)CC)CCCCC1)C(C)(C)C)C2(C)C)C(=O)C(=O)NC1CC1.CCCC[C@H](NC(=O)[C@@H]1[C@@H]2[C@H](CN1C(=O)[C@@H](NC(=O)NC1(CS(=O)(=O)N(CC)C3CC3)CCCCC1)C(C)(C)C)C2(C)C)C(=O)C(=O)NC1CC1.CCN(C)S(=O)(=O)CC1(NC(=O)N[C@H](C(=O)N2C[C@H]3[C@@H]([C@H]2C(=O)N[C@@H](CCC2CC2)C(=O)C(=O)NC2CC2)C3(C)C)C(C)(C)C)CCCCC1. The van der Waals surface area contributed by atoms with Crippen LogP contribution in [0.5, 0.6) is 0 Å². The van der Waals surface area contributed by atoms with Crippen LogP contribution in [0.15, 0.2) is 0 Å². The van der Waals surface area contributed by atoms with E-state index < -0.39 is 206 Å². The monoisotopic (exact) mass is 2160 g/mol. The van der Waals surface area contributed by atoms with Gasteiger partial charge < -0.3 is 78.5 Å². The highest BCUT2D eigenvalue weighted by molar-refractivity contribution is 7.89. The van der Waals surface area contributed by atoms with Crippen molar-refractivity contribution >= 4 is 119 Å². The van der Waals surface area contributed by atoms with E-state index in [9.17, 15) is 97.2 Å². The molecule has 150 heavy (non-hydrogen) atoms. The Morgan fingerprint density at radius 2 is 0.613 bits per heavy atom. The fourth-order valence-electron chi connectivity index (χ4n) is 24.6. The van der Waals surface area contributed by atoms with Crippen LogP contribution in [0.2, 0.25) is 0 Å². The summed E-state index contributed by atoms with van der Waals surface area (Å²) >= 11 is 0. The summed E-state index contributed by atoms with van der Waals surface area (Å²) in [6.07, 6.45) is 24.1. The van der Waals surface area contributed by atoms with Crippen molar-refractivity contribution in [2.45, 2.75) is 446 Å². The number of nitrogens with one attached hydrogen (secondary N) is 12. The summed E-state index contributed by atoms with van der Waals surface area (Å²) in [4.78, 5) is 210.